The van der Waals surface area contributed by atoms with E-state index in [1.807, 2.05) is 13.0 Å². The van der Waals surface area contributed by atoms with Crippen molar-refractivity contribution in [1.82, 2.24) is 9.80 Å². The second-order valence-electron chi connectivity index (χ2n) is 8.87. The highest BCUT2D eigenvalue weighted by molar-refractivity contribution is 7.80. The minimum atomic E-state index is -0.235. The van der Waals surface area contributed by atoms with E-state index in [9.17, 15) is 4.79 Å². The van der Waals surface area contributed by atoms with E-state index in [1.54, 1.807) is 11.3 Å². The first-order chi connectivity index (χ1) is 16.6. The van der Waals surface area contributed by atoms with E-state index < -0.39 is 0 Å². The van der Waals surface area contributed by atoms with Gasteiger partial charge in [-0.3, -0.25) is 4.90 Å². The zero-order valence-electron chi connectivity index (χ0n) is 19.6. The van der Waals surface area contributed by atoms with Gasteiger partial charge < -0.3 is 24.4 Å². The van der Waals surface area contributed by atoms with Gasteiger partial charge >= 0.3 is 5.97 Å². The van der Waals surface area contributed by atoms with E-state index in [0.29, 0.717) is 24.1 Å². The monoisotopic (exact) mass is 501 g/mol. The summed E-state index contributed by atoms with van der Waals surface area (Å²) in [5.41, 5.74) is 3.09. The molecule has 0 atom stereocenters. The number of hydrogen-bond donors (Lipinski definition) is 1. The largest absolute Gasteiger partial charge is 0.462 e. The molecular weight excluding hydrogens is 470 g/mol. The molecule has 0 radical (unpaired) electrons. The topological polar surface area (TPSA) is 63.3 Å². The minimum Gasteiger partial charge on any atom is -0.462 e. The predicted molar refractivity (Wildman–Crippen MR) is 137 cm³/mol. The predicted octanol–water partition coefficient (Wildman–Crippen LogP) is 4.44. The molecule has 1 fully saturated rings. The minimum absolute atomic E-state index is 0.235. The molecule has 3 aliphatic rings. The fourth-order valence-electron chi connectivity index (χ4n) is 4.83. The van der Waals surface area contributed by atoms with Crippen molar-refractivity contribution in [3.05, 3.63) is 39.8 Å². The molecule has 1 aromatic carbocycles. The van der Waals surface area contributed by atoms with Crippen LogP contribution in [0.15, 0.2) is 18.2 Å². The molecule has 5 rings (SSSR count). The number of fused-ring (bicyclic) bond motifs is 2. The first-order valence-corrected chi connectivity index (χ1v) is 13.3. The van der Waals surface area contributed by atoms with Gasteiger partial charge in [0.15, 0.2) is 16.6 Å². The first-order valence-electron chi connectivity index (χ1n) is 12.1. The van der Waals surface area contributed by atoms with Crippen LogP contribution in [0.4, 0.5) is 5.00 Å². The van der Waals surface area contributed by atoms with E-state index in [4.69, 9.17) is 26.4 Å². The fourth-order valence-corrected chi connectivity index (χ4v) is 6.46. The highest BCUT2D eigenvalue weighted by Crippen LogP contribution is 2.38. The standard InChI is InChI=1S/C25H31N3O4S2/c1-2-30-24(29)22-18-6-4-3-5-7-21(18)34-23(22)26-25(33)28-12-10-27(11-13-28)15-17-8-9-19-20(14-17)32-16-31-19/h8-9,14H,2-7,10-13,15-16H2,1H3,(H,26,33). The zero-order valence-corrected chi connectivity index (χ0v) is 21.2. The highest BCUT2D eigenvalue weighted by Gasteiger charge is 2.27. The number of piperazine rings is 1. The van der Waals surface area contributed by atoms with Crippen molar-refractivity contribution in [2.45, 2.75) is 45.6 Å². The molecule has 3 heterocycles. The van der Waals surface area contributed by atoms with Crippen LogP contribution in [0.25, 0.3) is 0 Å². The summed E-state index contributed by atoms with van der Waals surface area (Å²) in [6, 6.07) is 6.15. The van der Waals surface area contributed by atoms with Gasteiger partial charge in [-0.25, -0.2) is 4.79 Å². The van der Waals surface area contributed by atoms with Crippen LogP contribution in [0.1, 0.15) is 52.5 Å². The molecule has 9 heteroatoms. The number of benzene rings is 1. The van der Waals surface area contributed by atoms with Crippen LogP contribution in [-0.2, 0) is 24.1 Å². The van der Waals surface area contributed by atoms with Crippen LogP contribution in [-0.4, -0.2) is 60.5 Å². The molecule has 1 aliphatic carbocycles. The Morgan fingerprint density at radius 2 is 1.91 bits per heavy atom. The highest BCUT2D eigenvalue weighted by atomic mass is 32.1. The molecule has 0 spiro atoms. The maximum absolute atomic E-state index is 12.8. The van der Waals surface area contributed by atoms with Crippen LogP contribution in [0.3, 0.4) is 0 Å². The Kier molecular flexibility index (Phi) is 7.22. The Morgan fingerprint density at radius 1 is 1.12 bits per heavy atom. The van der Waals surface area contributed by atoms with Gasteiger partial charge in [-0.1, -0.05) is 12.5 Å². The van der Waals surface area contributed by atoms with Gasteiger partial charge in [-0.15, -0.1) is 11.3 Å². The second kappa shape index (κ2) is 10.5. The molecule has 2 aliphatic heterocycles. The molecule has 0 bridgehead atoms. The number of carbonyl (C=O) groups excluding carboxylic acids is 1. The lowest BCUT2D eigenvalue weighted by Crippen LogP contribution is -2.49. The number of rotatable bonds is 5. The lowest BCUT2D eigenvalue weighted by molar-refractivity contribution is 0.0527. The number of nitrogens with zero attached hydrogens (tertiary/aromatic N) is 2. The third-order valence-electron chi connectivity index (χ3n) is 6.62. The average Bonchev–Trinajstić information content (AvgIpc) is 3.36. The fraction of sp³-hybridized carbons (Fsp3) is 0.520. The second-order valence-corrected chi connectivity index (χ2v) is 10.4. The van der Waals surface area contributed by atoms with Crippen molar-refractivity contribution in [3.8, 4) is 11.5 Å². The summed E-state index contributed by atoms with van der Waals surface area (Å²) in [7, 11) is 0. The molecule has 1 N–H and O–H groups in total. The van der Waals surface area contributed by atoms with E-state index in [2.05, 4.69) is 27.2 Å². The Morgan fingerprint density at radius 3 is 2.74 bits per heavy atom. The van der Waals surface area contributed by atoms with Crippen molar-refractivity contribution in [1.29, 1.82) is 0 Å². The Hall–Kier alpha value is -2.36. The quantitative estimate of drug-likeness (QED) is 0.367. The van der Waals surface area contributed by atoms with Crippen molar-refractivity contribution >= 4 is 39.6 Å². The van der Waals surface area contributed by atoms with Gasteiger partial charge in [0.25, 0.3) is 0 Å². The van der Waals surface area contributed by atoms with Crippen molar-refractivity contribution < 1.29 is 19.0 Å². The zero-order chi connectivity index (χ0) is 23.5. The number of esters is 1. The number of ether oxygens (including phenoxy) is 3. The first kappa shape index (κ1) is 23.4. The van der Waals surface area contributed by atoms with Gasteiger partial charge in [-0.2, -0.15) is 0 Å². The summed E-state index contributed by atoms with van der Waals surface area (Å²) in [6.45, 7) is 6.92. The summed E-state index contributed by atoms with van der Waals surface area (Å²) in [6.07, 6.45) is 5.46. The van der Waals surface area contributed by atoms with E-state index in [1.165, 1.54) is 28.8 Å². The van der Waals surface area contributed by atoms with Gasteiger partial charge in [0.2, 0.25) is 6.79 Å². The van der Waals surface area contributed by atoms with Crippen LogP contribution in [0, 0.1) is 0 Å². The third kappa shape index (κ3) is 5.01. The normalized spacial score (nSPS) is 17.7. The average molecular weight is 502 g/mol. The van der Waals surface area contributed by atoms with Crippen molar-refractivity contribution in [2.75, 3.05) is 44.9 Å². The van der Waals surface area contributed by atoms with Gasteiger partial charge in [0, 0.05) is 37.6 Å². The molecule has 0 amide bonds. The molecule has 1 saturated heterocycles. The van der Waals surface area contributed by atoms with E-state index in [-0.39, 0.29) is 5.97 Å². The summed E-state index contributed by atoms with van der Waals surface area (Å²) < 4.78 is 16.3. The summed E-state index contributed by atoms with van der Waals surface area (Å²) in [5.74, 6) is 1.41. The Labute approximate surface area is 210 Å². The van der Waals surface area contributed by atoms with Crippen LogP contribution >= 0.6 is 23.6 Å². The number of aryl methyl sites for hydroxylation is 1. The van der Waals surface area contributed by atoms with Crippen LogP contribution in [0.2, 0.25) is 0 Å². The summed E-state index contributed by atoms with van der Waals surface area (Å²) in [4.78, 5) is 18.7. The number of hydrogen-bond acceptors (Lipinski definition) is 7. The third-order valence-corrected chi connectivity index (χ3v) is 8.19. The van der Waals surface area contributed by atoms with Gasteiger partial charge in [0.05, 0.1) is 12.2 Å². The SMILES string of the molecule is CCOC(=O)c1c(NC(=S)N2CCN(Cc3ccc4c(c3)OCO4)CC2)sc2c1CCCCC2. The Bertz CT molecular complexity index is 1060. The molecule has 1 aromatic heterocycles. The molecule has 2 aromatic rings. The maximum atomic E-state index is 12.8. The van der Waals surface area contributed by atoms with Crippen LogP contribution < -0.4 is 14.8 Å². The van der Waals surface area contributed by atoms with Crippen LogP contribution in [0.5, 0.6) is 11.5 Å². The lowest BCUT2D eigenvalue weighted by atomic mass is 10.1. The molecular formula is C25H31N3O4S2. The number of thiophene rings is 1. The molecule has 7 nitrogen and oxygen atoms in total. The summed E-state index contributed by atoms with van der Waals surface area (Å²) >= 11 is 7.45. The van der Waals surface area contributed by atoms with Crippen molar-refractivity contribution in [2.24, 2.45) is 0 Å². The van der Waals surface area contributed by atoms with E-state index in [0.717, 1.165) is 68.5 Å². The van der Waals surface area contributed by atoms with Gasteiger partial charge in [-0.05, 0) is 68.1 Å². The van der Waals surface area contributed by atoms with Crippen molar-refractivity contribution in [3.63, 3.8) is 0 Å². The number of nitrogens with one attached hydrogen (secondary N) is 1. The lowest BCUT2D eigenvalue weighted by Gasteiger charge is -2.36. The van der Waals surface area contributed by atoms with Gasteiger partial charge in [0.1, 0.15) is 5.00 Å². The maximum Gasteiger partial charge on any atom is 0.341 e. The Balaban J connectivity index is 1.21. The molecule has 34 heavy (non-hydrogen) atoms. The molecule has 182 valence electrons. The number of anilines is 1. The van der Waals surface area contributed by atoms with E-state index >= 15 is 0 Å². The molecule has 0 saturated carbocycles. The molecule has 0 unspecified atom stereocenters. The number of carbonyl (C=O) groups is 1. The number of thiocarbonyl (C=S) groups is 1. The summed E-state index contributed by atoms with van der Waals surface area (Å²) in [5, 5.41) is 4.95. The smallest absolute Gasteiger partial charge is 0.341 e.